The van der Waals surface area contributed by atoms with E-state index in [9.17, 15) is 27.6 Å². The van der Waals surface area contributed by atoms with Gasteiger partial charge in [-0.3, -0.25) is 25.8 Å². The van der Waals surface area contributed by atoms with Crippen molar-refractivity contribution in [3.63, 3.8) is 0 Å². The summed E-state index contributed by atoms with van der Waals surface area (Å²) in [6, 6.07) is 9.36. The number of rotatable bonds is 9. The van der Waals surface area contributed by atoms with Crippen LogP contribution >= 0.6 is 11.6 Å². The molecule has 1 atom stereocenters. The van der Waals surface area contributed by atoms with Gasteiger partial charge in [0, 0.05) is 23.4 Å². The number of methoxy groups -OCH3 is 2. The Bertz CT molecular complexity index is 1540. The van der Waals surface area contributed by atoms with Crippen molar-refractivity contribution in [2.24, 2.45) is 5.73 Å². The van der Waals surface area contributed by atoms with Crippen molar-refractivity contribution in [2.75, 3.05) is 19.5 Å². The third kappa shape index (κ3) is 7.37. The maximum absolute atomic E-state index is 15.2. The first-order valence-corrected chi connectivity index (χ1v) is 11.9. The fraction of sp³-hybridized carbons (Fsp3) is 0.154. The summed E-state index contributed by atoms with van der Waals surface area (Å²) in [5, 5.41) is 10.3. The van der Waals surface area contributed by atoms with Crippen molar-refractivity contribution in [1.82, 2.24) is 10.9 Å². The van der Waals surface area contributed by atoms with Crippen LogP contribution in [0.4, 0.5) is 23.2 Å². The standard InChI is InChI=1S/C26H22ClF4N5O6/c1-40-19-10-15(17(28)11-20(19)41-2)21(24(38)36-35-23(37)13-5-3-4-6-16(13)27)34-12-7-8-14(22(32)33)18(9-12)42-25(39)26(29,30)31/h3-11,21,34H,1-2H3,(H3,32,33)(H,35,37)(H,36,38). The van der Waals surface area contributed by atoms with Gasteiger partial charge in [-0.2, -0.15) is 13.2 Å². The fourth-order valence-corrected chi connectivity index (χ4v) is 3.74. The van der Waals surface area contributed by atoms with E-state index in [0.29, 0.717) is 0 Å². The number of nitrogen functional groups attached to an aromatic ring is 1. The van der Waals surface area contributed by atoms with E-state index in [-0.39, 0.29) is 38.9 Å². The molecule has 3 rings (SSSR count). The molecule has 0 radical (unpaired) electrons. The minimum atomic E-state index is -5.37. The minimum Gasteiger partial charge on any atom is -0.493 e. The molecule has 222 valence electrons. The van der Waals surface area contributed by atoms with Crippen LogP contribution in [0.1, 0.15) is 27.5 Å². The van der Waals surface area contributed by atoms with Gasteiger partial charge in [-0.25, -0.2) is 9.18 Å². The summed E-state index contributed by atoms with van der Waals surface area (Å²) >= 11 is 6.01. The first kappa shape index (κ1) is 31.5. The number of hydrogen-bond acceptors (Lipinski definition) is 8. The Labute approximate surface area is 240 Å². The number of hydrazine groups is 1. The van der Waals surface area contributed by atoms with Gasteiger partial charge in [-0.05, 0) is 30.3 Å². The van der Waals surface area contributed by atoms with E-state index < -0.39 is 47.4 Å². The fourth-order valence-electron chi connectivity index (χ4n) is 3.52. The molecule has 3 aromatic carbocycles. The predicted octanol–water partition coefficient (Wildman–Crippen LogP) is 3.86. The summed E-state index contributed by atoms with van der Waals surface area (Å²) in [4.78, 5) is 37.3. The van der Waals surface area contributed by atoms with Crippen LogP contribution < -0.4 is 36.1 Å². The lowest BCUT2D eigenvalue weighted by atomic mass is 10.0. The van der Waals surface area contributed by atoms with Gasteiger partial charge in [0.05, 0.1) is 30.4 Å². The normalized spacial score (nSPS) is 11.6. The molecule has 0 fully saturated rings. The number of anilines is 1. The van der Waals surface area contributed by atoms with Crippen molar-refractivity contribution < 1.29 is 46.2 Å². The third-order valence-electron chi connectivity index (χ3n) is 5.51. The van der Waals surface area contributed by atoms with Crippen molar-refractivity contribution in [3.8, 4) is 17.2 Å². The Morgan fingerprint density at radius 2 is 1.57 bits per heavy atom. The van der Waals surface area contributed by atoms with E-state index >= 15 is 4.39 Å². The average molecular weight is 612 g/mol. The molecule has 6 N–H and O–H groups in total. The number of amides is 2. The van der Waals surface area contributed by atoms with Crippen LogP contribution in [0.15, 0.2) is 54.6 Å². The van der Waals surface area contributed by atoms with Gasteiger partial charge in [0.2, 0.25) is 0 Å². The van der Waals surface area contributed by atoms with Crippen molar-refractivity contribution >= 4 is 40.9 Å². The van der Waals surface area contributed by atoms with Crippen LogP contribution in [-0.2, 0) is 9.59 Å². The summed E-state index contributed by atoms with van der Waals surface area (Å²) in [5.41, 5.74) is 8.79. The quantitative estimate of drug-likeness (QED) is 0.0608. The van der Waals surface area contributed by atoms with Gasteiger partial charge in [0.15, 0.2) is 11.5 Å². The molecule has 0 saturated carbocycles. The van der Waals surface area contributed by atoms with E-state index in [2.05, 4.69) is 20.9 Å². The smallest absolute Gasteiger partial charge is 0.491 e. The Morgan fingerprint density at radius 3 is 2.17 bits per heavy atom. The predicted molar refractivity (Wildman–Crippen MR) is 142 cm³/mol. The maximum atomic E-state index is 15.2. The second-order valence-electron chi connectivity index (χ2n) is 8.24. The molecule has 0 aliphatic rings. The number of alkyl halides is 3. The van der Waals surface area contributed by atoms with Crippen molar-refractivity contribution in [3.05, 3.63) is 82.1 Å². The van der Waals surface area contributed by atoms with Crippen molar-refractivity contribution in [1.29, 1.82) is 5.41 Å². The van der Waals surface area contributed by atoms with Gasteiger partial charge < -0.3 is 25.3 Å². The molecule has 0 aromatic heterocycles. The number of halogens is 5. The zero-order valence-electron chi connectivity index (χ0n) is 21.7. The lowest BCUT2D eigenvalue weighted by Crippen LogP contribution is -2.45. The Hall–Kier alpha value is -5.05. The zero-order chi connectivity index (χ0) is 31.2. The van der Waals surface area contributed by atoms with Gasteiger partial charge >= 0.3 is 12.1 Å². The lowest BCUT2D eigenvalue weighted by Gasteiger charge is -2.22. The monoisotopic (exact) mass is 611 g/mol. The highest BCUT2D eigenvalue weighted by atomic mass is 35.5. The molecule has 11 nitrogen and oxygen atoms in total. The molecule has 0 heterocycles. The molecule has 1 unspecified atom stereocenters. The van der Waals surface area contributed by atoms with Gasteiger partial charge in [0.1, 0.15) is 23.4 Å². The van der Waals surface area contributed by atoms with Crippen LogP contribution in [0.2, 0.25) is 5.02 Å². The molecular weight excluding hydrogens is 590 g/mol. The Morgan fingerprint density at radius 1 is 0.929 bits per heavy atom. The second-order valence-corrected chi connectivity index (χ2v) is 8.65. The second kappa shape index (κ2) is 13.1. The van der Waals surface area contributed by atoms with Gasteiger partial charge in [-0.15, -0.1) is 0 Å². The Kier molecular flexibility index (Phi) is 9.80. The van der Waals surface area contributed by atoms with Gasteiger partial charge in [-0.1, -0.05) is 23.7 Å². The molecule has 42 heavy (non-hydrogen) atoms. The minimum absolute atomic E-state index is 0.0113. The first-order valence-electron chi connectivity index (χ1n) is 11.6. The summed E-state index contributed by atoms with van der Waals surface area (Å²) in [5.74, 6) is -6.93. The molecule has 0 aliphatic heterocycles. The van der Waals surface area contributed by atoms with E-state index in [0.717, 1.165) is 24.3 Å². The number of benzene rings is 3. The zero-order valence-corrected chi connectivity index (χ0v) is 22.4. The molecule has 0 aliphatic carbocycles. The largest absolute Gasteiger partial charge is 0.493 e. The maximum Gasteiger partial charge on any atom is 0.491 e. The van der Waals surface area contributed by atoms with Crippen LogP contribution in [0, 0.1) is 11.2 Å². The van der Waals surface area contributed by atoms with E-state index in [1.807, 2.05) is 0 Å². The van der Waals surface area contributed by atoms with E-state index in [4.69, 9.17) is 32.2 Å². The summed E-state index contributed by atoms with van der Waals surface area (Å²) in [6.45, 7) is 0. The lowest BCUT2D eigenvalue weighted by molar-refractivity contribution is -0.189. The number of amidine groups is 1. The summed E-state index contributed by atoms with van der Waals surface area (Å²) in [6.07, 6.45) is -5.37. The number of nitrogens with one attached hydrogen (secondary N) is 4. The first-order chi connectivity index (χ1) is 19.8. The molecule has 0 spiro atoms. The average Bonchev–Trinajstić information content (AvgIpc) is 2.94. The van der Waals surface area contributed by atoms with Gasteiger partial charge in [0.25, 0.3) is 11.8 Å². The topological polar surface area (TPSA) is 165 Å². The summed E-state index contributed by atoms with van der Waals surface area (Å²) in [7, 11) is 2.51. The molecule has 0 saturated heterocycles. The highest BCUT2D eigenvalue weighted by Crippen LogP contribution is 2.35. The van der Waals surface area contributed by atoms with E-state index in [1.165, 1.54) is 38.5 Å². The SMILES string of the molecule is COc1cc(F)c(C(Nc2ccc(C(=N)N)c(OC(=O)C(F)(F)F)c2)C(=O)NNC(=O)c2ccccc2Cl)cc1OC. The molecule has 3 aromatic rings. The molecule has 2 amide bonds. The third-order valence-corrected chi connectivity index (χ3v) is 5.84. The number of carbonyl (C=O) groups is 3. The van der Waals surface area contributed by atoms with Crippen LogP contribution in [-0.4, -0.2) is 44.0 Å². The number of ether oxygens (including phenoxy) is 3. The number of hydrogen-bond donors (Lipinski definition) is 5. The van der Waals surface area contributed by atoms with Crippen molar-refractivity contribution in [2.45, 2.75) is 12.2 Å². The summed E-state index contributed by atoms with van der Waals surface area (Å²) < 4.78 is 68.4. The highest BCUT2D eigenvalue weighted by Gasteiger charge is 2.42. The number of nitrogens with two attached hydrogens (primary N) is 1. The molecule has 0 bridgehead atoms. The highest BCUT2D eigenvalue weighted by molar-refractivity contribution is 6.33. The van der Waals surface area contributed by atoms with E-state index in [1.54, 1.807) is 6.07 Å². The molecular formula is C26H22ClF4N5O6. The van der Waals surface area contributed by atoms with Crippen LogP contribution in [0.3, 0.4) is 0 Å². The Balaban J connectivity index is 2.02. The number of carbonyl (C=O) groups excluding carboxylic acids is 3. The molecule has 16 heteroatoms. The van der Waals surface area contributed by atoms with Crippen LogP contribution in [0.5, 0.6) is 17.2 Å². The van der Waals surface area contributed by atoms with Crippen LogP contribution in [0.25, 0.3) is 0 Å². The number of esters is 1.